The zero-order valence-electron chi connectivity index (χ0n) is 16.5. The normalized spacial score (nSPS) is 12.5. The number of pyridine rings is 1. The summed E-state index contributed by atoms with van der Waals surface area (Å²) < 4.78 is 1.99. The molecule has 4 rings (SSSR count). The van der Waals surface area contributed by atoms with Gasteiger partial charge in [0.2, 0.25) is 5.91 Å². The molecule has 0 bridgehead atoms. The summed E-state index contributed by atoms with van der Waals surface area (Å²) in [4.78, 5) is 28.5. The fourth-order valence-electron chi connectivity index (χ4n) is 3.33. The standard InChI is InChI=1S/C20H22N6OS/c1-11(22-12(2)27)13-7-6-8-14(9-13)19-23-16-17-15(21-10-26(17)5)18(25(3)4)24-20(16)28-19/h6-11H,1-5H3,(H,22,27)/t11-/m0/s1. The number of fused-ring (bicyclic) bond motifs is 3. The van der Waals surface area contributed by atoms with Gasteiger partial charge in [-0.1, -0.05) is 29.5 Å². The Kier molecular flexibility index (Phi) is 4.50. The van der Waals surface area contributed by atoms with E-state index < -0.39 is 0 Å². The first-order valence-electron chi connectivity index (χ1n) is 9.01. The van der Waals surface area contributed by atoms with Crippen LogP contribution in [-0.4, -0.2) is 39.5 Å². The number of carbonyl (C=O) groups is 1. The van der Waals surface area contributed by atoms with Gasteiger partial charge in [-0.05, 0) is 18.6 Å². The summed E-state index contributed by atoms with van der Waals surface area (Å²) in [5.41, 5.74) is 4.75. The maximum Gasteiger partial charge on any atom is 0.217 e. The van der Waals surface area contributed by atoms with Crippen LogP contribution in [0.25, 0.3) is 32.0 Å². The van der Waals surface area contributed by atoms with Gasteiger partial charge in [-0.2, -0.15) is 0 Å². The maximum absolute atomic E-state index is 11.4. The number of carbonyl (C=O) groups excluding carboxylic acids is 1. The first-order valence-corrected chi connectivity index (χ1v) is 9.83. The number of aryl methyl sites for hydroxylation is 1. The molecule has 0 aliphatic rings. The van der Waals surface area contributed by atoms with Crippen LogP contribution >= 0.6 is 11.3 Å². The zero-order chi connectivity index (χ0) is 20.0. The second-order valence-electron chi connectivity index (χ2n) is 7.10. The largest absolute Gasteiger partial charge is 0.361 e. The molecule has 0 spiro atoms. The molecule has 4 aromatic rings. The SMILES string of the molecule is CC(=O)N[C@@H](C)c1cccc(-c2nc3c(nc(N(C)C)c4ncn(C)c43)s2)c1. The van der Waals surface area contributed by atoms with Crippen LogP contribution in [-0.2, 0) is 11.8 Å². The molecule has 0 fully saturated rings. The van der Waals surface area contributed by atoms with Gasteiger partial charge in [-0.3, -0.25) is 4.79 Å². The Morgan fingerprint density at radius 1 is 1.25 bits per heavy atom. The van der Waals surface area contributed by atoms with Crippen LogP contribution in [0.3, 0.4) is 0 Å². The first kappa shape index (κ1) is 18.4. The monoisotopic (exact) mass is 394 g/mol. The number of nitrogens with zero attached hydrogens (tertiary/aromatic N) is 5. The number of nitrogens with one attached hydrogen (secondary N) is 1. The van der Waals surface area contributed by atoms with Crippen molar-refractivity contribution in [3.63, 3.8) is 0 Å². The van der Waals surface area contributed by atoms with Crippen molar-refractivity contribution in [1.82, 2.24) is 24.8 Å². The Hall–Kier alpha value is -3.00. The van der Waals surface area contributed by atoms with Crippen molar-refractivity contribution in [3.8, 4) is 10.6 Å². The molecule has 7 nitrogen and oxygen atoms in total. The van der Waals surface area contributed by atoms with Gasteiger partial charge in [0.15, 0.2) is 5.82 Å². The number of rotatable bonds is 4. The van der Waals surface area contributed by atoms with Crippen molar-refractivity contribution in [1.29, 1.82) is 0 Å². The van der Waals surface area contributed by atoms with Crippen LogP contribution in [0.15, 0.2) is 30.6 Å². The van der Waals surface area contributed by atoms with E-state index in [1.807, 2.05) is 55.7 Å². The highest BCUT2D eigenvalue weighted by Gasteiger charge is 2.19. The Morgan fingerprint density at radius 3 is 2.75 bits per heavy atom. The van der Waals surface area contributed by atoms with Crippen LogP contribution in [0, 0.1) is 0 Å². The van der Waals surface area contributed by atoms with E-state index in [2.05, 4.69) is 16.4 Å². The van der Waals surface area contributed by atoms with Gasteiger partial charge in [0.05, 0.1) is 12.4 Å². The predicted molar refractivity (Wildman–Crippen MR) is 114 cm³/mol. The van der Waals surface area contributed by atoms with Crippen LogP contribution in [0.5, 0.6) is 0 Å². The van der Waals surface area contributed by atoms with E-state index >= 15 is 0 Å². The third kappa shape index (κ3) is 3.09. The average Bonchev–Trinajstić information content (AvgIpc) is 3.24. The topological polar surface area (TPSA) is 75.9 Å². The molecule has 1 amide bonds. The summed E-state index contributed by atoms with van der Waals surface area (Å²) in [6.45, 7) is 3.50. The average molecular weight is 395 g/mol. The quantitative estimate of drug-likeness (QED) is 0.573. The van der Waals surface area contributed by atoms with Crippen molar-refractivity contribution < 1.29 is 4.79 Å². The number of anilines is 1. The van der Waals surface area contributed by atoms with Gasteiger partial charge in [-0.25, -0.2) is 15.0 Å². The zero-order valence-corrected chi connectivity index (χ0v) is 17.3. The highest BCUT2D eigenvalue weighted by Crippen LogP contribution is 2.36. The molecule has 28 heavy (non-hydrogen) atoms. The van der Waals surface area contributed by atoms with E-state index in [0.717, 1.165) is 43.3 Å². The third-order valence-electron chi connectivity index (χ3n) is 4.67. The minimum atomic E-state index is -0.0610. The molecular weight excluding hydrogens is 372 g/mol. The minimum Gasteiger partial charge on any atom is -0.361 e. The molecule has 1 aromatic carbocycles. The van der Waals surface area contributed by atoms with Crippen molar-refractivity contribution >= 4 is 44.4 Å². The highest BCUT2D eigenvalue weighted by atomic mass is 32.1. The van der Waals surface area contributed by atoms with Gasteiger partial charge < -0.3 is 14.8 Å². The van der Waals surface area contributed by atoms with Crippen molar-refractivity contribution in [2.24, 2.45) is 7.05 Å². The Morgan fingerprint density at radius 2 is 2.04 bits per heavy atom. The van der Waals surface area contributed by atoms with Crippen molar-refractivity contribution in [2.45, 2.75) is 19.9 Å². The second-order valence-corrected chi connectivity index (χ2v) is 8.08. The van der Waals surface area contributed by atoms with Gasteiger partial charge in [-0.15, -0.1) is 0 Å². The van der Waals surface area contributed by atoms with Gasteiger partial charge >= 0.3 is 0 Å². The highest BCUT2D eigenvalue weighted by molar-refractivity contribution is 7.21. The summed E-state index contributed by atoms with van der Waals surface area (Å²) in [5.74, 6) is 0.795. The number of benzene rings is 1. The molecule has 0 aliphatic heterocycles. The fourth-order valence-corrected chi connectivity index (χ4v) is 4.26. The second kappa shape index (κ2) is 6.87. The molecule has 144 valence electrons. The predicted octanol–water partition coefficient (Wildman–Crippen LogP) is 3.51. The number of thiazole rings is 1. The Labute approximate surface area is 167 Å². The molecule has 0 saturated heterocycles. The maximum atomic E-state index is 11.4. The number of hydrogen-bond acceptors (Lipinski definition) is 6. The fraction of sp³-hybridized carbons (Fsp3) is 0.300. The van der Waals surface area contributed by atoms with E-state index in [1.54, 1.807) is 17.7 Å². The van der Waals surface area contributed by atoms with E-state index in [9.17, 15) is 4.79 Å². The lowest BCUT2D eigenvalue weighted by Crippen LogP contribution is -2.23. The molecule has 1 N–H and O–H groups in total. The van der Waals surface area contributed by atoms with Crippen molar-refractivity contribution in [2.75, 3.05) is 19.0 Å². The summed E-state index contributed by atoms with van der Waals surface area (Å²) in [6.07, 6.45) is 1.80. The van der Waals surface area contributed by atoms with E-state index in [-0.39, 0.29) is 11.9 Å². The lowest BCUT2D eigenvalue weighted by atomic mass is 10.1. The number of aromatic nitrogens is 4. The molecule has 0 aliphatic carbocycles. The summed E-state index contributed by atoms with van der Waals surface area (Å²) in [5, 5.41) is 3.83. The minimum absolute atomic E-state index is 0.0445. The molecule has 0 unspecified atom stereocenters. The summed E-state index contributed by atoms with van der Waals surface area (Å²) in [6, 6.07) is 8.06. The molecule has 3 aromatic heterocycles. The van der Waals surface area contributed by atoms with Gasteiger partial charge in [0.25, 0.3) is 0 Å². The first-order chi connectivity index (χ1) is 13.3. The van der Waals surface area contributed by atoms with Gasteiger partial charge in [0.1, 0.15) is 26.4 Å². The lowest BCUT2D eigenvalue weighted by Gasteiger charge is -2.13. The third-order valence-corrected chi connectivity index (χ3v) is 5.67. The lowest BCUT2D eigenvalue weighted by molar-refractivity contribution is -0.119. The number of amides is 1. The van der Waals surface area contributed by atoms with Crippen molar-refractivity contribution in [3.05, 3.63) is 36.2 Å². The molecule has 1 atom stereocenters. The Balaban J connectivity index is 1.86. The summed E-state index contributed by atoms with van der Waals surface area (Å²) >= 11 is 1.57. The van der Waals surface area contributed by atoms with Gasteiger partial charge in [0, 0.05) is 33.6 Å². The molecule has 0 saturated carbocycles. The Bertz CT molecular complexity index is 1190. The summed E-state index contributed by atoms with van der Waals surface area (Å²) in [7, 11) is 5.91. The van der Waals surface area contributed by atoms with Crippen LogP contribution < -0.4 is 10.2 Å². The molecule has 0 radical (unpaired) electrons. The van der Waals surface area contributed by atoms with Crippen LogP contribution in [0.4, 0.5) is 5.82 Å². The smallest absolute Gasteiger partial charge is 0.217 e. The van der Waals surface area contributed by atoms with Crippen LogP contribution in [0.1, 0.15) is 25.5 Å². The van der Waals surface area contributed by atoms with E-state index in [0.29, 0.717) is 0 Å². The number of hydrogen-bond donors (Lipinski definition) is 1. The molecule has 8 heteroatoms. The van der Waals surface area contributed by atoms with E-state index in [1.165, 1.54) is 6.92 Å². The number of imidazole rings is 1. The van der Waals surface area contributed by atoms with Crippen LogP contribution in [0.2, 0.25) is 0 Å². The van der Waals surface area contributed by atoms with E-state index in [4.69, 9.17) is 9.97 Å². The molecule has 3 heterocycles. The molecular formula is C20H22N6OS.